The maximum absolute atomic E-state index is 8.71. The smallest absolute Gasteiger partial charge is 0.0757 e. The van der Waals surface area contributed by atoms with Gasteiger partial charge in [-0.15, -0.1) is 0 Å². The Morgan fingerprint density at radius 1 is 1.47 bits per heavy atom. The molecule has 15 heavy (non-hydrogen) atoms. The monoisotopic (exact) mass is 208 g/mol. The zero-order chi connectivity index (χ0) is 10.7. The minimum atomic E-state index is 0.350. The van der Waals surface area contributed by atoms with Gasteiger partial charge in [-0.1, -0.05) is 6.92 Å². The van der Waals surface area contributed by atoms with Crippen molar-refractivity contribution in [1.29, 1.82) is 5.26 Å². The Hall–Kier alpha value is -0.590. The van der Waals surface area contributed by atoms with Gasteiger partial charge in [0.25, 0.3) is 0 Å². The molecule has 2 rings (SSSR count). The van der Waals surface area contributed by atoms with Crippen LogP contribution in [0.15, 0.2) is 0 Å². The standard InChI is InChI=1S/C12H20N2O/c1-2-10(5-7-13)14-11-6-8-15-12(11)9-3-4-9/h9-12,14H,2-6,8H2,1H3. The molecule has 3 atom stereocenters. The molecule has 0 aromatic heterocycles. The van der Waals surface area contributed by atoms with E-state index in [0.717, 1.165) is 25.4 Å². The first-order chi connectivity index (χ1) is 7.35. The molecule has 0 aromatic carbocycles. The largest absolute Gasteiger partial charge is 0.376 e. The molecule has 84 valence electrons. The van der Waals surface area contributed by atoms with Crippen molar-refractivity contribution < 1.29 is 4.74 Å². The maximum atomic E-state index is 8.71. The molecule has 0 bridgehead atoms. The predicted molar refractivity (Wildman–Crippen MR) is 58.3 cm³/mol. The lowest BCUT2D eigenvalue weighted by molar-refractivity contribution is 0.0788. The minimum absolute atomic E-state index is 0.350. The summed E-state index contributed by atoms with van der Waals surface area (Å²) in [6.07, 6.45) is 5.85. The van der Waals surface area contributed by atoms with Crippen molar-refractivity contribution in [2.45, 2.75) is 57.2 Å². The molecule has 0 spiro atoms. The Morgan fingerprint density at radius 2 is 2.27 bits per heavy atom. The normalized spacial score (nSPS) is 32.5. The van der Waals surface area contributed by atoms with Crippen molar-refractivity contribution >= 4 is 0 Å². The first kappa shape index (κ1) is 10.9. The Morgan fingerprint density at radius 3 is 2.87 bits per heavy atom. The molecule has 1 saturated carbocycles. The Kier molecular flexibility index (Phi) is 3.61. The third-order valence-corrected chi connectivity index (χ3v) is 3.50. The first-order valence-corrected chi connectivity index (χ1v) is 6.09. The summed E-state index contributed by atoms with van der Waals surface area (Å²) < 4.78 is 5.77. The van der Waals surface area contributed by atoms with Gasteiger partial charge in [-0.05, 0) is 31.6 Å². The van der Waals surface area contributed by atoms with Crippen LogP contribution in [-0.2, 0) is 4.74 Å². The molecule has 1 saturated heterocycles. The van der Waals surface area contributed by atoms with Gasteiger partial charge in [0.15, 0.2) is 0 Å². The Labute approximate surface area is 91.8 Å². The average molecular weight is 208 g/mol. The maximum Gasteiger partial charge on any atom is 0.0757 e. The van der Waals surface area contributed by atoms with Gasteiger partial charge in [0.1, 0.15) is 0 Å². The van der Waals surface area contributed by atoms with Gasteiger partial charge >= 0.3 is 0 Å². The van der Waals surface area contributed by atoms with Gasteiger partial charge in [-0.2, -0.15) is 5.26 Å². The zero-order valence-electron chi connectivity index (χ0n) is 9.41. The quantitative estimate of drug-likeness (QED) is 0.749. The number of hydrogen-bond acceptors (Lipinski definition) is 3. The summed E-state index contributed by atoms with van der Waals surface area (Å²) in [5, 5.41) is 12.3. The van der Waals surface area contributed by atoms with Gasteiger partial charge in [-0.3, -0.25) is 0 Å². The lowest BCUT2D eigenvalue weighted by Gasteiger charge is -2.24. The molecular weight excluding hydrogens is 188 g/mol. The Bertz CT molecular complexity index is 244. The van der Waals surface area contributed by atoms with E-state index in [1.807, 2.05) is 0 Å². The lowest BCUT2D eigenvalue weighted by atomic mass is 10.0. The molecule has 0 aromatic rings. The summed E-state index contributed by atoms with van der Waals surface area (Å²) in [7, 11) is 0. The highest BCUT2D eigenvalue weighted by Gasteiger charge is 2.40. The van der Waals surface area contributed by atoms with Crippen LogP contribution in [0.5, 0.6) is 0 Å². The van der Waals surface area contributed by atoms with Crippen molar-refractivity contribution in [3.63, 3.8) is 0 Å². The topological polar surface area (TPSA) is 45.0 Å². The second kappa shape index (κ2) is 4.96. The van der Waals surface area contributed by atoms with Crippen LogP contribution in [0.3, 0.4) is 0 Å². The molecule has 1 aliphatic carbocycles. The fourth-order valence-corrected chi connectivity index (χ4v) is 2.41. The van der Waals surface area contributed by atoms with Crippen LogP contribution in [0.25, 0.3) is 0 Å². The van der Waals surface area contributed by atoms with E-state index < -0.39 is 0 Å². The van der Waals surface area contributed by atoms with Crippen LogP contribution in [0.4, 0.5) is 0 Å². The predicted octanol–water partition coefficient (Wildman–Crippen LogP) is 1.84. The van der Waals surface area contributed by atoms with E-state index in [9.17, 15) is 0 Å². The highest BCUT2D eigenvalue weighted by Crippen LogP contribution is 2.38. The van der Waals surface area contributed by atoms with Crippen molar-refractivity contribution in [2.24, 2.45) is 5.92 Å². The molecule has 2 aliphatic rings. The lowest BCUT2D eigenvalue weighted by Crippen LogP contribution is -2.43. The van der Waals surface area contributed by atoms with Crippen molar-refractivity contribution in [2.75, 3.05) is 6.61 Å². The highest BCUT2D eigenvalue weighted by molar-refractivity contribution is 4.95. The molecule has 1 aliphatic heterocycles. The third kappa shape index (κ3) is 2.70. The molecule has 3 heteroatoms. The van der Waals surface area contributed by atoms with Crippen LogP contribution >= 0.6 is 0 Å². The van der Waals surface area contributed by atoms with Crippen LogP contribution < -0.4 is 5.32 Å². The van der Waals surface area contributed by atoms with E-state index >= 15 is 0 Å². The summed E-state index contributed by atoms with van der Waals surface area (Å²) >= 11 is 0. The summed E-state index contributed by atoms with van der Waals surface area (Å²) in [5.41, 5.74) is 0. The molecule has 0 radical (unpaired) electrons. The molecule has 3 unspecified atom stereocenters. The fourth-order valence-electron chi connectivity index (χ4n) is 2.41. The molecular formula is C12H20N2O. The molecule has 0 amide bonds. The van der Waals surface area contributed by atoms with Crippen molar-refractivity contribution in [3.05, 3.63) is 0 Å². The summed E-state index contributed by atoms with van der Waals surface area (Å²) in [6.45, 7) is 3.03. The van der Waals surface area contributed by atoms with Crippen molar-refractivity contribution in [1.82, 2.24) is 5.32 Å². The van der Waals surface area contributed by atoms with E-state index in [4.69, 9.17) is 10.00 Å². The van der Waals surface area contributed by atoms with Gasteiger partial charge < -0.3 is 10.1 Å². The number of ether oxygens (including phenoxy) is 1. The van der Waals surface area contributed by atoms with Crippen LogP contribution in [-0.4, -0.2) is 24.8 Å². The number of nitrogens with one attached hydrogen (secondary N) is 1. The summed E-state index contributed by atoms with van der Waals surface area (Å²) in [6, 6.07) is 3.10. The number of nitrogens with zero attached hydrogens (tertiary/aromatic N) is 1. The number of nitriles is 1. The summed E-state index contributed by atoms with van der Waals surface area (Å²) in [5.74, 6) is 0.796. The number of hydrogen-bond donors (Lipinski definition) is 1. The van der Waals surface area contributed by atoms with Gasteiger partial charge in [0.05, 0.1) is 18.6 Å². The zero-order valence-corrected chi connectivity index (χ0v) is 9.41. The SMILES string of the molecule is CCC(CC#N)NC1CCOC1C1CC1. The Balaban J connectivity index is 1.83. The van der Waals surface area contributed by atoms with E-state index in [2.05, 4.69) is 18.3 Å². The van der Waals surface area contributed by atoms with Crippen LogP contribution in [0, 0.1) is 17.2 Å². The van der Waals surface area contributed by atoms with E-state index in [1.165, 1.54) is 12.8 Å². The fraction of sp³-hybridized carbons (Fsp3) is 0.917. The molecule has 1 N–H and O–H groups in total. The molecule has 2 fully saturated rings. The van der Waals surface area contributed by atoms with E-state index in [1.54, 1.807) is 0 Å². The third-order valence-electron chi connectivity index (χ3n) is 3.50. The first-order valence-electron chi connectivity index (χ1n) is 6.09. The van der Waals surface area contributed by atoms with E-state index in [-0.39, 0.29) is 0 Å². The highest BCUT2D eigenvalue weighted by atomic mass is 16.5. The van der Waals surface area contributed by atoms with Crippen LogP contribution in [0.1, 0.15) is 39.0 Å². The van der Waals surface area contributed by atoms with Gasteiger partial charge in [-0.25, -0.2) is 0 Å². The molecule has 3 nitrogen and oxygen atoms in total. The van der Waals surface area contributed by atoms with Crippen LogP contribution in [0.2, 0.25) is 0 Å². The van der Waals surface area contributed by atoms with Gasteiger partial charge in [0.2, 0.25) is 0 Å². The van der Waals surface area contributed by atoms with Crippen molar-refractivity contribution in [3.8, 4) is 6.07 Å². The minimum Gasteiger partial charge on any atom is -0.376 e. The van der Waals surface area contributed by atoms with Gasteiger partial charge in [0, 0.05) is 18.7 Å². The molecule has 1 heterocycles. The van der Waals surface area contributed by atoms with E-state index in [0.29, 0.717) is 24.6 Å². The number of rotatable bonds is 5. The second-order valence-corrected chi connectivity index (χ2v) is 4.70. The summed E-state index contributed by atoms with van der Waals surface area (Å²) in [4.78, 5) is 0. The average Bonchev–Trinajstić information content (AvgIpc) is 2.99. The second-order valence-electron chi connectivity index (χ2n) is 4.70.